The smallest absolute Gasteiger partial charge is 0.444 e. The highest BCUT2D eigenvalue weighted by Gasteiger charge is 2.52. The maximum atomic E-state index is 12.2. The van der Waals surface area contributed by atoms with Crippen LogP contribution >= 0.6 is 11.6 Å². The summed E-state index contributed by atoms with van der Waals surface area (Å²) in [5.74, 6) is 0. The minimum Gasteiger partial charge on any atom is -0.444 e. The lowest BCUT2D eigenvalue weighted by atomic mass is 9.77. The van der Waals surface area contributed by atoms with Crippen molar-refractivity contribution in [2.24, 2.45) is 0 Å². The number of ether oxygens (including phenoxy) is 1. The Morgan fingerprint density at radius 3 is 2.31 bits per heavy atom. The minimum absolute atomic E-state index is 0.186. The summed E-state index contributed by atoms with van der Waals surface area (Å²) in [5.41, 5.74) is 7.25. The van der Waals surface area contributed by atoms with Crippen molar-refractivity contribution in [3.8, 4) is 0 Å². The van der Waals surface area contributed by atoms with Crippen molar-refractivity contribution in [2.75, 3.05) is 12.3 Å². The number of nitrogens with one attached hydrogen (secondary N) is 1. The Balaban J connectivity index is 2.34. The summed E-state index contributed by atoms with van der Waals surface area (Å²) in [5, 5.41) is 3.33. The van der Waals surface area contributed by atoms with Gasteiger partial charge in [0.2, 0.25) is 0 Å². The van der Waals surface area contributed by atoms with Crippen LogP contribution in [0.15, 0.2) is 17.6 Å². The zero-order valence-electron chi connectivity index (χ0n) is 18.6. The van der Waals surface area contributed by atoms with Crippen LogP contribution in [0.5, 0.6) is 0 Å². The molecule has 3 N–H and O–H groups in total. The Bertz CT molecular complexity index is 800. The van der Waals surface area contributed by atoms with Gasteiger partial charge in [-0.3, -0.25) is 0 Å². The number of hydrogen-bond acceptors (Lipinski definition) is 5. The summed E-state index contributed by atoms with van der Waals surface area (Å²) < 4.78 is 17.7. The highest BCUT2D eigenvalue weighted by Crippen LogP contribution is 2.39. The van der Waals surface area contributed by atoms with Crippen LogP contribution in [0.4, 0.5) is 10.5 Å². The van der Waals surface area contributed by atoms with Gasteiger partial charge in [-0.2, -0.15) is 0 Å². The third kappa shape index (κ3) is 5.68. The largest absolute Gasteiger partial charge is 0.492 e. The lowest BCUT2D eigenvalue weighted by Gasteiger charge is -2.32. The molecule has 0 bridgehead atoms. The zero-order chi connectivity index (χ0) is 22.2. The summed E-state index contributed by atoms with van der Waals surface area (Å²) in [7, 11) is -0.635. The normalized spacial score (nSPS) is 18.7. The topological polar surface area (TPSA) is 82.8 Å². The average molecular weight is 423 g/mol. The van der Waals surface area contributed by atoms with Crippen LogP contribution in [-0.4, -0.2) is 36.6 Å². The SMILES string of the molecule is Cc1c(N)ccc(C=C(CNC(=O)OC(C)(C)C)B2OC(C)(C)C(C)(C)O2)c1Cl. The minimum atomic E-state index is -0.635. The first kappa shape index (κ1) is 23.6. The molecule has 1 heterocycles. The molecule has 1 aromatic rings. The van der Waals surface area contributed by atoms with Gasteiger partial charge in [0, 0.05) is 12.2 Å². The molecule has 29 heavy (non-hydrogen) atoms. The van der Waals surface area contributed by atoms with Crippen LogP contribution in [0.2, 0.25) is 5.02 Å². The van der Waals surface area contributed by atoms with Gasteiger partial charge in [0.05, 0.1) is 16.2 Å². The molecule has 1 fully saturated rings. The molecule has 8 heteroatoms. The monoisotopic (exact) mass is 422 g/mol. The molecule has 1 saturated heterocycles. The lowest BCUT2D eigenvalue weighted by molar-refractivity contribution is 0.00578. The summed E-state index contributed by atoms with van der Waals surface area (Å²) in [6.07, 6.45) is 1.35. The Morgan fingerprint density at radius 2 is 1.79 bits per heavy atom. The second kappa shape index (κ2) is 8.21. The van der Waals surface area contributed by atoms with Gasteiger partial charge in [-0.15, -0.1) is 0 Å². The Morgan fingerprint density at radius 1 is 1.24 bits per heavy atom. The third-order valence-corrected chi connectivity index (χ3v) is 5.69. The Hall–Kier alpha value is -1.70. The molecule has 0 saturated carbocycles. The summed E-state index contributed by atoms with van der Waals surface area (Å²) in [6, 6.07) is 3.64. The van der Waals surface area contributed by atoms with E-state index in [0.29, 0.717) is 10.7 Å². The van der Waals surface area contributed by atoms with Crippen LogP contribution in [0, 0.1) is 6.92 Å². The molecule has 1 aliphatic heterocycles. The number of amides is 1. The van der Waals surface area contributed by atoms with E-state index in [1.165, 1.54) is 0 Å². The van der Waals surface area contributed by atoms with Crippen molar-refractivity contribution in [3.63, 3.8) is 0 Å². The number of nitrogens with two attached hydrogens (primary N) is 1. The van der Waals surface area contributed by atoms with Gasteiger partial charge >= 0.3 is 13.2 Å². The number of carbonyl (C=O) groups excluding carboxylic acids is 1. The molecule has 1 aliphatic rings. The molecule has 0 radical (unpaired) electrons. The van der Waals surface area contributed by atoms with E-state index in [4.69, 9.17) is 31.4 Å². The maximum Gasteiger partial charge on any atom is 0.492 e. The average Bonchev–Trinajstić information content (AvgIpc) is 2.77. The van der Waals surface area contributed by atoms with Crippen LogP contribution in [0.3, 0.4) is 0 Å². The lowest BCUT2D eigenvalue weighted by Crippen LogP contribution is -2.41. The highest BCUT2D eigenvalue weighted by atomic mass is 35.5. The zero-order valence-corrected chi connectivity index (χ0v) is 19.4. The molecule has 160 valence electrons. The first-order chi connectivity index (χ1) is 13.1. The van der Waals surface area contributed by atoms with E-state index in [-0.39, 0.29) is 6.54 Å². The molecule has 0 spiro atoms. The molecule has 0 atom stereocenters. The van der Waals surface area contributed by atoms with Gasteiger partial charge in [-0.25, -0.2) is 4.79 Å². The molecule has 0 unspecified atom stereocenters. The molecule has 0 aliphatic carbocycles. The van der Waals surface area contributed by atoms with Crippen LogP contribution in [-0.2, 0) is 14.0 Å². The van der Waals surface area contributed by atoms with E-state index >= 15 is 0 Å². The van der Waals surface area contributed by atoms with Gasteiger partial charge in [0.25, 0.3) is 0 Å². The van der Waals surface area contributed by atoms with Crippen molar-refractivity contribution >= 4 is 36.6 Å². The van der Waals surface area contributed by atoms with E-state index in [0.717, 1.165) is 16.6 Å². The second-order valence-corrected chi connectivity index (χ2v) is 9.72. The van der Waals surface area contributed by atoms with E-state index in [1.54, 1.807) is 6.07 Å². The molecule has 1 aromatic carbocycles. The summed E-state index contributed by atoms with van der Waals surface area (Å²) in [4.78, 5) is 12.2. The van der Waals surface area contributed by atoms with Crippen molar-refractivity contribution in [1.82, 2.24) is 5.32 Å². The van der Waals surface area contributed by atoms with E-state index < -0.39 is 30.0 Å². The van der Waals surface area contributed by atoms with Gasteiger partial charge in [-0.05, 0) is 78.1 Å². The summed E-state index contributed by atoms with van der Waals surface area (Å²) >= 11 is 6.49. The van der Waals surface area contributed by atoms with E-state index in [9.17, 15) is 4.79 Å². The molecular formula is C21H32BClN2O4. The van der Waals surface area contributed by atoms with Crippen molar-refractivity contribution in [2.45, 2.75) is 72.2 Å². The highest BCUT2D eigenvalue weighted by molar-refractivity contribution is 6.56. The number of carbonyl (C=O) groups is 1. The van der Waals surface area contributed by atoms with E-state index in [1.807, 2.05) is 67.5 Å². The first-order valence-corrected chi connectivity index (χ1v) is 10.1. The standard InChI is InChI=1S/C21H32BClN2O4/c1-13-16(24)10-9-14(17(13)23)11-15(12-25-18(26)27-19(2,3)4)22-28-20(5,6)21(7,8)29-22/h9-11H,12,24H2,1-8H3,(H,25,26). The molecular weight excluding hydrogens is 391 g/mol. The fourth-order valence-corrected chi connectivity index (χ4v) is 2.94. The van der Waals surface area contributed by atoms with Crippen molar-refractivity contribution in [3.05, 3.63) is 33.8 Å². The first-order valence-electron chi connectivity index (χ1n) is 9.70. The molecule has 2 rings (SSSR count). The van der Waals surface area contributed by atoms with Gasteiger partial charge in [-0.1, -0.05) is 23.7 Å². The van der Waals surface area contributed by atoms with Crippen molar-refractivity contribution < 1.29 is 18.8 Å². The fourth-order valence-electron chi connectivity index (χ4n) is 2.72. The number of halogens is 1. The number of hydrogen-bond donors (Lipinski definition) is 2. The number of benzene rings is 1. The van der Waals surface area contributed by atoms with Gasteiger partial charge < -0.3 is 25.1 Å². The van der Waals surface area contributed by atoms with Crippen molar-refractivity contribution in [1.29, 1.82) is 0 Å². The van der Waals surface area contributed by atoms with Gasteiger partial charge in [0.1, 0.15) is 5.60 Å². The van der Waals surface area contributed by atoms with E-state index in [2.05, 4.69) is 5.32 Å². The number of nitrogen functional groups attached to an aromatic ring is 1. The predicted octanol–water partition coefficient (Wildman–Crippen LogP) is 4.77. The number of alkyl carbamates (subject to hydrolysis) is 1. The fraction of sp³-hybridized carbons (Fsp3) is 0.571. The maximum absolute atomic E-state index is 12.2. The van der Waals surface area contributed by atoms with Crippen LogP contribution < -0.4 is 11.1 Å². The number of anilines is 1. The predicted molar refractivity (Wildman–Crippen MR) is 119 cm³/mol. The molecule has 6 nitrogen and oxygen atoms in total. The van der Waals surface area contributed by atoms with Crippen LogP contribution in [0.25, 0.3) is 6.08 Å². The Labute approximate surface area is 179 Å². The van der Waals surface area contributed by atoms with Crippen LogP contribution in [0.1, 0.15) is 59.6 Å². The third-order valence-electron chi connectivity index (χ3n) is 5.19. The quantitative estimate of drug-likeness (QED) is 0.539. The second-order valence-electron chi connectivity index (χ2n) is 9.35. The Kier molecular flexibility index (Phi) is 6.67. The molecule has 1 amide bonds. The summed E-state index contributed by atoms with van der Waals surface area (Å²) in [6.45, 7) is 15.4. The van der Waals surface area contributed by atoms with Gasteiger partial charge in [0.15, 0.2) is 0 Å². The molecule has 0 aromatic heterocycles. The number of rotatable bonds is 4.